The van der Waals surface area contributed by atoms with Crippen LogP contribution in [0.4, 0.5) is 13.2 Å². The molecule has 194 valence electrons. The van der Waals surface area contributed by atoms with E-state index in [1.165, 1.54) is 30.5 Å². The number of carbonyl (C=O) groups excluding carboxylic acids is 1. The number of hydrogen-bond donors (Lipinski definition) is 3. The van der Waals surface area contributed by atoms with Gasteiger partial charge in [0.25, 0.3) is 5.91 Å². The third-order valence-electron chi connectivity index (χ3n) is 5.97. The molecule has 3 rings (SSSR count). The van der Waals surface area contributed by atoms with Crippen LogP contribution in [0.25, 0.3) is 0 Å². The Bertz CT molecular complexity index is 1180. The average molecular weight is 526 g/mol. The van der Waals surface area contributed by atoms with Crippen LogP contribution in [0.1, 0.15) is 66.8 Å². The molecule has 1 amide bonds. The summed E-state index contributed by atoms with van der Waals surface area (Å²) in [5, 5.41) is 21.8. The zero-order valence-corrected chi connectivity index (χ0v) is 20.6. The first-order valence-corrected chi connectivity index (χ1v) is 11.8. The molecule has 0 radical (unpaired) electrons. The maximum absolute atomic E-state index is 13.2. The largest absolute Gasteiger partial charge is 0.481 e. The number of carbonyl (C=O) groups is 2. The number of halogens is 4. The van der Waals surface area contributed by atoms with Gasteiger partial charge in [0.05, 0.1) is 18.0 Å². The van der Waals surface area contributed by atoms with E-state index >= 15 is 0 Å². The van der Waals surface area contributed by atoms with Gasteiger partial charge < -0.3 is 20.1 Å². The van der Waals surface area contributed by atoms with Crippen LogP contribution in [0.3, 0.4) is 0 Å². The predicted molar refractivity (Wildman–Crippen MR) is 126 cm³/mol. The van der Waals surface area contributed by atoms with Gasteiger partial charge >= 0.3 is 12.1 Å². The Morgan fingerprint density at radius 1 is 1.22 bits per heavy atom. The van der Waals surface area contributed by atoms with E-state index in [4.69, 9.17) is 16.7 Å². The Morgan fingerprint density at radius 2 is 1.89 bits per heavy atom. The van der Waals surface area contributed by atoms with Crippen LogP contribution in [0.15, 0.2) is 24.3 Å². The number of aliphatic hydroxyl groups is 1. The Hall–Kier alpha value is -3.03. The highest BCUT2D eigenvalue weighted by atomic mass is 35.5. The van der Waals surface area contributed by atoms with Crippen molar-refractivity contribution in [2.45, 2.75) is 57.9 Å². The maximum atomic E-state index is 13.2. The van der Waals surface area contributed by atoms with Gasteiger partial charge in [0.1, 0.15) is 17.0 Å². The molecule has 11 heteroatoms. The van der Waals surface area contributed by atoms with Gasteiger partial charge in [0.15, 0.2) is 0 Å². The molecular weight excluding hydrogens is 499 g/mol. The van der Waals surface area contributed by atoms with Crippen molar-refractivity contribution in [1.29, 1.82) is 0 Å². The van der Waals surface area contributed by atoms with Crippen molar-refractivity contribution in [2.75, 3.05) is 6.54 Å². The monoisotopic (exact) mass is 525 g/mol. The van der Waals surface area contributed by atoms with E-state index in [0.717, 1.165) is 12.1 Å². The minimum atomic E-state index is -4.53. The summed E-state index contributed by atoms with van der Waals surface area (Å²) in [5.41, 5.74) is -2.00. The number of hydrogen-bond acceptors (Lipinski definition) is 4. The van der Waals surface area contributed by atoms with Crippen molar-refractivity contribution in [3.63, 3.8) is 0 Å². The molecule has 0 unspecified atom stereocenters. The predicted octanol–water partition coefficient (Wildman–Crippen LogP) is 4.35. The molecule has 7 nitrogen and oxygen atoms in total. The van der Waals surface area contributed by atoms with Crippen molar-refractivity contribution in [1.82, 2.24) is 14.9 Å². The molecular formula is C25H27ClF3N3O4. The van der Waals surface area contributed by atoms with Gasteiger partial charge in [-0.2, -0.15) is 13.2 Å². The van der Waals surface area contributed by atoms with Crippen LogP contribution in [0.5, 0.6) is 0 Å². The van der Waals surface area contributed by atoms with Crippen LogP contribution in [-0.4, -0.2) is 43.8 Å². The Labute approximate surface area is 211 Å². The van der Waals surface area contributed by atoms with E-state index in [-0.39, 0.29) is 47.2 Å². The summed E-state index contributed by atoms with van der Waals surface area (Å²) in [5.74, 6) is 3.55. The van der Waals surface area contributed by atoms with Crippen molar-refractivity contribution in [3.05, 3.63) is 52.1 Å². The highest BCUT2D eigenvalue weighted by Crippen LogP contribution is 2.31. The first-order valence-electron chi connectivity index (χ1n) is 11.4. The number of alkyl halides is 3. The van der Waals surface area contributed by atoms with E-state index in [0.29, 0.717) is 25.7 Å². The second kappa shape index (κ2) is 10.9. The number of aromatic nitrogens is 2. The minimum absolute atomic E-state index is 0.0128. The molecule has 1 aliphatic carbocycles. The molecule has 1 fully saturated rings. The van der Waals surface area contributed by atoms with Crippen molar-refractivity contribution in [3.8, 4) is 11.8 Å². The molecule has 1 aromatic heterocycles. The number of imidazole rings is 1. The zero-order valence-electron chi connectivity index (χ0n) is 19.8. The first-order chi connectivity index (χ1) is 16.7. The lowest BCUT2D eigenvalue weighted by Crippen LogP contribution is -2.34. The first kappa shape index (κ1) is 27.6. The molecule has 1 saturated carbocycles. The number of carboxylic acids is 1. The Kier molecular flexibility index (Phi) is 8.37. The molecule has 1 aromatic carbocycles. The molecule has 0 saturated heterocycles. The fourth-order valence-electron chi connectivity index (χ4n) is 4.06. The van der Waals surface area contributed by atoms with Gasteiger partial charge in [-0.3, -0.25) is 9.59 Å². The van der Waals surface area contributed by atoms with E-state index in [2.05, 4.69) is 22.1 Å². The zero-order chi connectivity index (χ0) is 26.7. The van der Waals surface area contributed by atoms with Crippen LogP contribution in [-0.2, 0) is 17.5 Å². The van der Waals surface area contributed by atoms with Crippen LogP contribution in [0.2, 0.25) is 5.28 Å². The molecule has 36 heavy (non-hydrogen) atoms. The summed E-state index contributed by atoms with van der Waals surface area (Å²) in [6, 6.07) is 4.68. The van der Waals surface area contributed by atoms with Gasteiger partial charge in [0, 0.05) is 6.54 Å². The smallest absolute Gasteiger partial charge is 0.416 e. The van der Waals surface area contributed by atoms with Gasteiger partial charge in [-0.15, -0.1) is 0 Å². The number of nitrogens with zero attached hydrogens (tertiary/aromatic N) is 2. The highest BCUT2D eigenvalue weighted by Gasteiger charge is 2.31. The van der Waals surface area contributed by atoms with Crippen LogP contribution in [0, 0.1) is 23.7 Å². The fraction of sp³-hybridized carbons (Fsp3) is 0.480. The summed E-state index contributed by atoms with van der Waals surface area (Å²) in [6.45, 7) is 3.03. The quantitative estimate of drug-likeness (QED) is 0.486. The normalized spacial score (nSPS) is 18.3. The summed E-state index contributed by atoms with van der Waals surface area (Å²) < 4.78 is 40.8. The Balaban J connectivity index is 1.87. The molecule has 3 N–H and O–H groups in total. The van der Waals surface area contributed by atoms with Crippen molar-refractivity contribution < 1.29 is 33.0 Å². The SMILES string of the molecule is CC(C)(O)C#Cc1nc(Cl)n(Cc2cccc(C(F)(F)F)c2)c1C(=O)NC[C@H]1CC[C@H](C(=O)O)CC1. The fourth-order valence-corrected chi connectivity index (χ4v) is 4.29. The molecule has 2 aromatic rings. The van der Waals surface area contributed by atoms with Gasteiger partial charge in [0.2, 0.25) is 5.28 Å². The van der Waals surface area contributed by atoms with E-state index < -0.39 is 29.2 Å². The summed E-state index contributed by atoms with van der Waals surface area (Å²) in [7, 11) is 0. The second-order valence-electron chi connectivity index (χ2n) is 9.44. The molecule has 0 bridgehead atoms. The van der Waals surface area contributed by atoms with Gasteiger partial charge in [-0.25, -0.2) is 4.98 Å². The molecule has 1 aliphatic rings. The van der Waals surface area contributed by atoms with Crippen LogP contribution < -0.4 is 5.32 Å². The number of benzene rings is 1. The van der Waals surface area contributed by atoms with E-state index in [1.807, 2.05) is 0 Å². The van der Waals surface area contributed by atoms with Gasteiger partial charge in [-0.1, -0.05) is 18.1 Å². The molecule has 0 aliphatic heterocycles. The summed E-state index contributed by atoms with van der Waals surface area (Å²) in [4.78, 5) is 28.5. The highest BCUT2D eigenvalue weighted by molar-refractivity contribution is 6.29. The molecule has 0 spiro atoms. The minimum Gasteiger partial charge on any atom is -0.481 e. The number of amides is 1. The average Bonchev–Trinajstić information content (AvgIpc) is 3.10. The van der Waals surface area contributed by atoms with Crippen molar-refractivity contribution in [2.24, 2.45) is 11.8 Å². The number of nitrogens with one attached hydrogen (secondary N) is 1. The lowest BCUT2D eigenvalue weighted by atomic mass is 9.82. The third-order valence-corrected chi connectivity index (χ3v) is 6.25. The standard InChI is InChI=1S/C25H27ClF3N3O4/c1-24(2,36)11-10-19-20(21(33)30-13-15-6-8-17(9-7-15)22(34)35)32(23(26)31-19)14-16-4-3-5-18(12-16)25(27,28)29/h3-5,12,15,17,36H,6-9,13-14H2,1-2H3,(H,30,33)(H,34,35)/t15-,17-. The van der Waals surface area contributed by atoms with E-state index in [9.17, 15) is 27.9 Å². The lowest BCUT2D eigenvalue weighted by Gasteiger charge is -2.26. The number of carboxylic acid groups (broad SMARTS) is 1. The lowest BCUT2D eigenvalue weighted by molar-refractivity contribution is -0.143. The molecule has 1 heterocycles. The third kappa shape index (κ3) is 7.24. The van der Waals surface area contributed by atoms with E-state index in [1.54, 1.807) is 0 Å². The number of rotatable bonds is 6. The maximum Gasteiger partial charge on any atom is 0.416 e. The molecule has 0 atom stereocenters. The van der Waals surface area contributed by atoms with Crippen LogP contribution >= 0.6 is 11.6 Å². The second-order valence-corrected chi connectivity index (χ2v) is 9.78. The summed E-state index contributed by atoms with van der Waals surface area (Å²) in [6.07, 6.45) is -2.19. The van der Waals surface area contributed by atoms with Crippen molar-refractivity contribution >= 4 is 23.5 Å². The van der Waals surface area contributed by atoms with Gasteiger partial charge in [-0.05, 0) is 80.7 Å². The Morgan fingerprint density at radius 3 is 2.47 bits per heavy atom. The topological polar surface area (TPSA) is 104 Å². The summed E-state index contributed by atoms with van der Waals surface area (Å²) >= 11 is 6.28. The number of aliphatic carboxylic acids is 1.